The Hall–Kier alpha value is -2.63. The number of aromatic nitrogens is 1. The second-order valence-corrected chi connectivity index (χ2v) is 8.36. The molecule has 33 heavy (non-hydrogen) atoms. The van der Waals surface area contributed by atoms with Crippen LogP contribution in [0.5, 0.6) is 0 Å². The first-order valence-electron chi connectivity index (χ1n) is 11.2. The lowest BCUT2D eigenvalue weighted by molar-refractivity contribution is -0.383. The van der Waals surface area contributed by atoms with Crippen molar-refractivity contribution in [3.63, 3.8) is 0 Å². The van der Waals surface area contributed by atoms with E-state index in [2.05, 4.69) is 10.3 Å². The smallest absolute Gasteiger partial charge is 0.292 e. The second-order valence-electron chi connectivity index (χ2n) is 8.36. The molecule has 0 radical (unpaired) electrons. The van der Waals surface area contributed by atoms with E-state index >= 15 is 0 Å². The number of nitrogens with zero attached hydrogens (tertiary/aromatic N) is 3. The van der Waals surface area contributed by atoms with Crippen molar-refractivity contribution in [2.75, 3.05) is 31.6 Å². The van der Waals surface area contributed by atoms with Crippen molar-refractivity contribution in [3.8, 4) is 11.1 Å². The number of β-amino-alcohol motifs (C(OH)–C–C–N with tert-alkyl or cyclic N) is 1. The van der Waals surface area contributed by atoms with Gasteiger partial charge in [-0.1, -0.05) is 18.9 Å². The van der Waals surface area contributed by atoms with Crippen LogP contribution in [0.25, 0.3) is 11.1 Å². The number of piperidine rings is 1. The highest BCUT2D eigenvalue weighted by Gasteiger charge is 2.40. The molecule has 10 heteroatoms. The van der Waals surface area contributed by atoms with E-state index < -0.39 is 24.4 Å². The van der Waals surface area contributed by atoms with Crippen LogP contribution in [-0.2, 0) is 0 Å². The second kappa shape index (κ2) is 12.0. The number of rotatable bonds is 11. The van der Waals surface area contributed by atoms with Crippen molar-refractivity contribution in [1.82, 2.24) is 9.88 Å². The molecule has 2 aromatic rings. The average molecular weight is 461 g/mol. The molecule has 1 saturated heterocycles. The average Bonchev–Trinajstić information content (AvgIpc) is 2.82. The molecule has 1 aliphatic heterocycles. The van der Waals surface area contributed by atoms with Gasteiger partial charge in [-0.15, -0.1) is 0 Å². The van der Waals surface area contributed by atoms with Crippen LogP contribution >= 0.6 is 0 Å². The number of hydrogen-bond acceptors (Lipinski definition) is 9. The number of nitrogens with one attached hydrogen (secondary N) is 1. The quantitative estimate of drug-likeness (QED) is 0.190. The van der Waals surface area contributed by atoms with Crippen LogP contribution in [0.2, 0.25) is 0 Å². The normalized spacial score (nSPS) is 23.4. The van der Waals surface area contributed by atoms with E-state index in [1.807, 2.05) is 23.1 Å². The van der Waals surface area contributed by atoms with Crippen molar-refractivity contribution >= 4 is 11.4 Å². The van der Waals surface area contributed by atoms with E-state index in [0.29, 0.717) is 18.8 Å². The number of unbranched alkanes of at least 4 members (excludes halogenated alkanes) is 3. The molecule has 0 unspecified atom stereocenters. The Morgan fingerprint density at radius 3 is 2.45 bits per heavy atom. The highest BCUT2D eigenvalue weighted by Crippen LogP contribution is 2.30. The van der Waals surface area contributed by atoms with E-state index in [-0.39, 0.29) is 23.8 Å². The van der Waals surface area contributed by atoms with Gasteiger partial charge in [-0.05, 0) is 48.7 Å². The molecule has 1 fully saturated rings. The molecule has 180 valence electrons. The van der Waals surface area contributed by atoms with Crippen LogP contribution in [0.4, 0.5) is 11.4 Å². The topological polar surface area (TPSA) is 152 Å². The van der Waals surface area contributed by atoms with Crippen LogP contribution in [0, 0.1) is 10.1 Å². The third kappa shape index (κ3) is 6.46. The van der Waals surface area contributed by atoms with Gasteiger partial charge in [0.05, 0.1) is 23.7 Å². The van der Waals surface area contributed by atoms with E-state index in [1.165, 1.54) is 0 Å². The zero-order chi connectivity index (χ0) is 23.8. The monoisotopic (exact) mass is 460 g/mol. The highest BCUT2D eigenvalue weighted by molar-refractivity contribution is 5.73. The fourth-order valence-electron chi connectivity index (χ4n) is 4.21. The maximum Gasteiger partial charge on any atom is 0.292 e. The van der Waals surface area contributed by atoms with Crippen LogP contribution < -0.4 is 5.32 Å². The molecule has 1 aromatic heterocycles. The first-order chi connectivity index (χ1) is 15.9. The Labute approximate surface area is 192 Å². The predicted octanol–water partition coefficient (Wildman–Crippen LogP) is 1.39. The molecular formula is C23H32N4O6. The number of aliphatic hydroxyl groups is 4. The van der Waals surface area contributed by atoms with Gasteiger partial charge in [-0.3, -0.25) is 20.0 Å². The minimum atomic E-state index is -1.24. The molecule has 1 aliphatic rings. The third-order valence-electron chi connectivity index (χ3n) is 6.11. The molecule has 10 nitrogen and oxygen atoms in total. The summed E-state index contributed by atoms with van der Waals surface area (Å²) in [7, 11) is 0. The zero-order valence-electron chi connectivity index (χ0n) is 18.5. The summed E-state index contributed by atoms with van der Waals surface area (Å²) >= 11 is 0. The number of nitro groups is 1. The van der Waals surface area contributed by atoms with Gasteiger partial charge < -0.3 is 25.7 Å². The lowest BCUT2D eigenvalue weighted by Gasteiger charge is -2.43. The molecule has 2 heterocycles. The lowest BCUT2D eigenvalue weighted by atomic mass is 9.94. The van der Waals surface area contributed by atoms with Crippen molar-refractivity contribution in [2.24, 2.45) is 0 Å². The van der Waals surface area contributed by atoms with E-state index in [4.69, 9.17) is 0 Å². The Kier molecular flexibility index (Phi) is 9.10. The van der Waals surface area contributed by atoms with Crippen LogP contribution in [0.15, 0.2) is 42.7 Å². The summed E-state index contributed by atoms with van der Waals surface area (Å²) < 4.78 is 0. The summed E-state index contributed by atoms with van der Waals surface area (Å²) in [5.74, 6) is 0. The van der Waals surface area contributed by atoms with E-state index in [1.54, 1.807) is 24.5 Å². The van der Waals surface area contributed by atoms with E-state index in [0.717, 1.165) is 36.8 Å². The summed E-state index contributed by atoms with van der Waals surface area (Å²) in [4.78, 5) is 16.9. The molecule has 0 amide bonds. The fraction of sp³-hybridized carbons (Fsp3) is 0.522. The van der Waals surface area contributed by atoms with Gasteiger partial charge in [0.15, 0.2) is 0 Å². The van der Waals surface area contributed by atoms with Crippen LogP contribution in [0.1, 0.15) is 25.7 Å². The molecule has 4 atom stereocenters. The molecule has 1 aromatic carbocycles. The van der Waals surface area contributed by atoms with Crippen LogP contribution in [-0.4, -0.2) is 85.8 Å². The molecule has 0 bridgehead atoms. The highest BCUT2D eigenvalue weighted by atomic mass is 16.6. The SMILES string of the molecule is O=[N+]([O-])c1cc(-c2ccncc2)ccc1NCCCCCCN1C[C@H](O)[C@@H](O)[C@H](O)[C@H]1CO. The molecule has 3 rings (SSSR count). The largest absolute Gasteiger partial charge is 0.395 e. The maximum absolute atomic E-state index is 11.5. The third-order valence-corrected chi connectivity index (χ3v) is 6.11. The number of likely N-dealkylation sites (tertiary alicyclic amines) is 1. The van der Waals surface area contributed by atoms with Gasteiger partial charge in [0.2, 0.25) is 0 Å². The molecule has 0 aliphatic carbocycles. The summed E-state index contributed by atoms with van der Waals surface area (Å²) in [5, 5.41) is 53.8. The van der Waals surface area contributed by atoms with Crippen LogP contribution in [0.3, 0.4) is 0 Å². The van der Waals surface area contributed by atoms with Gasteiger partial charge in [0.25, 0.3) is 5.69 Å². The number of anilines is 1. The first-order valence-corrected chi connectivity index (χ1v) is 11.2. The fourth-order valence-corrected chi connectivity index (χ4v) is 4.21. The number of pyridine rings is 1. The Bertz CT molecular complexity index is 900. The summed E-state index contributed by atoms with van der Waals surface area (Å²) in [5.41, 5.74) is 2.14. The zero-order valence-corrected chi connectivity index (χ0v) is 18.5. The van der Waals surface area contributed by atoms with Gasteiger partial charge in [0, 0.05) is 31.5 Å². The first kappa shape index (κ1) is 25.0. The van der Waals surface area contributed by atoms with Gasteiger partial charge in [0.1, 0.15) is 17.9 Å². The summed E-state index contributed by atoms with van der Waals surface area (Å²) in [6, 6.07) is 8.17. The van der Waals surface area contributed by atoms with Gasteiger partial charge in [-0.2, -0.15) is 0 Å². The van der Waals surface area contributed by atoms with Crippen molar-refractivity contribution < 1.29 is 25.3 Å². The lowest BCUT2D eigenvalue weighted by Crippen LogP contribution is -2.62. The van der Waals surface area contributed by atoms with Crippen molar-refractivity contribution in [3.05, 3.63) is 52.8 Å². The number of aliphatic hydroxyl groups excluding tert-OH is 4. The predicted molar refractivity (Wildman–Crippen MR) is 124 cm³/mol. The molecular weight excluding hydrogens is 428 g/mol. The Morgan fingerprint density at radius 1 is 1.03 bits per heavy atom. The molecule has 5 N–H and O–H groups in total. The number of hydrogen-bond donors (Lipinski definition) is 5. The minimum absolute atomic E-state index is 0.0313. The number of nitro benzene ring substituents is 1. The summed E-state index contributed by atoms with van der Waals surface area (Å²) in [6.45, 7) is 1.13. The van der Waals surface area contributed by atoms with Crippen molar-refractivity contribution in [2.45, 2.75) is 50.0 Å². The molecule has 0 saturated carbocycles. The Morgan fingerprint density at radius 2 is 1.76 bits per heavy atom. The van der Waals surface area contributed by atoms with E-state index in [9.17, 15) is 30.5 Å². The van der Waals surface area contributed by atoms with Crippen molar-refractivity contribution in [1.29, 1.82) is 0 Å². The Balaban J connectivity index is 1.42. The van der Waals surface area contributed by atoms with Gasteiger partial charge in [-0.25, -0.2) is 0 Å². The summed E-state index contributed by atoms with van der Waals surface area (Å²) in [6.07, 6.45) is 3.29. The minimum Gasteiger partial charge on any atom is -0.395 e. The van der Waals surface area contributed by atoms with Gasteiger partial charge >= 0.3 is 0 Å². The molecule has 0 spiro atoms. The number of benzene rings is 1. The standard InChI is InChI=1S/C23H32N4O6/c28-15-20-22(30)23(31)21(29)14-26(20)12-4-2-1-3-9-25-18-6-5-17(13-19(18)27(32)33)16-7-10-24-11-8-16/h5-8,10-11,13,20-23,25,28-31H,1-4,9,12,14-15H2/t20-,21+,22-,23-/m1/s1. The maximum atomic E-state index is 11.5.